The van der Waals surface area contributed by atoms with Crippen molar-refractivity contribution in [2.24, 2.45) is 15.3 Å². The van der Waals surface area contributed by atoms with Crippen LogP contribution in [0.5, 0.6) is 0 Å². The second-order valence-electron chi connectivity index (χ2n) is 6.92. The fraction of sp³-hybridized carbons (Fsp3) is 0.143. The quantitative estimate of drug-likeness (QED) is 0.119. The van der Waals surface area contributed by atoms with Gasteiger partial charge in [0.1, 0.15) is 5.69 Å². The molecule has 0 saturated carbocycles. The zero-order valence-electron chi connectivity index (χ0n) is 17.3. The van der Waals surface area contributed by atoms with E-state index in [-0.39, 0.29) is 17.1 Å². The molecule has 0 bridgehead atoms. The van der Waals surface area contributed by atoms with Crippen molar-refractivity contribution in [1.82, 2.24) is 4.98 Å². The number of hydrogen-bond acceptors (Lipinski definition) is 4. The lowest BCUT2D eigenvalue weighted by molar-refractivity contribution is -0.138. The number of rotatable bonds is 4. The third kappa shape index (κ3) is 6.93. The van der Waals surface area contributed by atoms with Crippen LogP contribution in [0.4, 0.5) is 50.9 Å². The first kappa shape index (κ1) is 26.9. The molecule has 190 valence electrons. The molecule has 1 heterocycles. The zero-order chi connectivity index (χ0) is 26.7. The van der Waals surface area contributed by atoms with E-state index in [9.17, 15) is 39.5 Å². The standard InChI is InChI=1S/C21H11ClF9N5/c22-16-9-13(21(29,30)31)10-32-17(16)18(35-33-14-5-1-11(2-6-14)19(23,24)25)36-34-15-7-3-12(4-8-15)20(26,27)28/h1-10,33H/b35-18+,36-34?. The molecule has 5 nitrogen and oxygen atoms in total. The molecule has 0 radical (unpaired) electrons. The monoisotopic (exact) mass is 539 g/mol. The third-order valence-corrected chi connectivity index (χ3v) is 4.63. The third-order valence-electron chi connectivity index (χ3n) is 4.34. The van der Waals surface area contributed by atoms with E-state index < -0.39 is 46.1 Å². The summed E-state index contributed by atoms with van der Waals surface area (Å²) >= 11 is 5.91. The van der Waals surface area contributed by atoms with Crippen molar-refractivity contribution >= 4 is 28.8 Å². The first-order chi connectivity index (χ1) is 16.6. The minimum Gasteiger partial charge on any atom is -0.276 e. The molecule has 0 spiro atoms. The molecule has 36 heavy (non-hydrogen) atoms. The number of hydrogen-bond donors (Lipinski definition) is 1. The molecule has 2 aromatic carbocycles. The van der Waals surface area contributed by atoms with E-state index in [1.54, 1.807) is 0 Å². The lowest BCUT2D eigenvalue weighted by Crippen LogP contribution is -2.10. The Kier molecular flexibility index (Phi) is 7.57. The number of nitrogens with zero attached hydrogens (tertiary/aromatic N) is 4. The number of pyridine rings is 1. The SMILES string of the molecule is FC(F)(F)c1ccc(N=N/C(=N/Nc2ccc(C(F)(F)F)cc2)c2ncc(C(F)(F)F)cc2Cl)cc1. The van der Waals surface area contributed by atoms with E-state index >= 15 is 0 Å². The second-order valence-corrected chi connectivity index (χ2v) is 7.33. The summed E-state index contributed by atoms with van der Waals surface area (Å²) < 4.78 is 115. The summed E-state index contributed by atoms with van der Waals surface area (Å²) in [4.78, 5) is 3.59. The average molecular weight is 540 g/mol. The van der Waals surface area contributed by atoms with Gasteiger partial charge in [-0.05, 0) is 54.6 Å². The Morgan fingerprint density at radius 2 is 1.22 bits per heavy atom. The summed E-state index contributed by atoms with van der Waals surface area (Å²) in [5.74, 6) is -0.506. The summed E-state index contributed by atoms with van der Waals surface area (Å²) in [5.41, 5.74) is -1.14. The number of azo groups is 1. The van der Waals surface area contributed by atoms with Gasteiger partial charge in [-0.15, -0.1) is 10.2 Å². The van der Waals surface area contributed by atoms with Crippen LogP contribution < -0.4 is 5.43 Å². The molecule has 3 rings (SSSR count). The van der Waals surface area contributed by atoms with E-state index in [2.05, 4.69) is 25.7 Å². The van der Waals surface area contributed by atoms with Gasteiger partial charge >= 0.3 is 18.5 Å². The van der Waals surface area contributed by atoms with Crippen molar-refractivity contribution in [3.63, 3.8) is 0 Å². The Morgan fingerprint density at radius 1 is 0.722 bits per heavy atom. The first-order valence-electron chi connectivity index (χ1n) is 9.47. The number of benzene rings is 2. The van der Waals surface area contributed by atoms with Gasteiger partial charge in [0, 0.05) is 6.20 Å². The van der Waals surface area contributed by atoms with Crippen molar-refractivity contribution < 1.29 is 39.5 Å². The van der Waals surface area contributed by atoms with Crippen LogP contribution >= 0.6 is 11.6 Å². The van der Waals surface area contributed by atoms with E-state index in [0.29, 0.717) is 12.3 Å². The summed E-state index contributed by atoms with van der Waals surface area (Å²) in [6, 6.07) is 7.53. The van der Waals surface area contributed by atoms with Gasteiger partial charge in [-0.3, -0.25) is 10.4 Å². The number of alkyl halides is 9. The number of halogens is 10. The highest BCUT2D eigenvalue weighted by Gasteiger charge is 2.32. The van der Waals surface area contributed by atoms with Gasteiger partial charge in [0.2, 0.25) is 5.84 Å². The van der Waals surface area contributed by atoms with Gasteiger partial charge < -0.3 is 0 Å². The average Bonchev–Trinajstić information content (AvgIpc) is 2.78. The molecule has 0 amide bonds. The molecular weight excluding hydrogens is 529 g/mol. The van der Waals surface area contributed by atoms with Gasteiger partial charge in [-0.2, -0.15) is 44.6 Å². The van der Waals surface area contributed by atoms with Gasteiger partial charge in [-0.25, -0.2) is 0 Å². The highest BCUT2D eigenvalue weighted by atomic mass is 35.5. The molecule has 0 aliphatic heterocycles. The van der Waals surface area contributed by atoms with Gasteiger partial charge in [-0.1, -0.05) is 11.6 Å². The molecule has 1 aromatic heterocycles. The maximum atomic E-state index is 12.9. The van der Waals surface area contributed by atoms with Crippen LogP contribution in [0, 0.1) is 0 Å². The van der Waals surface area contributed by atoms with Crippen LogP contribution in [0.1, 0.15) is 22.4 Å². The van der Waals surface area contributed by atoms with Gasteiger partial charge in [0.15, 0.2) is 0 Å². The van der Waals surface area contributed by atoms with Crippen LogP contribution in [-0.4, -0.2) is 10.8 Å². The number of anilines is 1. The van der Waals surface area contributed by atoms with Crippen molar-refractivity contribution in [3.8, 4) is 0 Å². The van der Waals surface area contributed by atoms with Crippen LogP contribution in [0.15, 0.2) is 76.1 Å². The highest BCUT2D eigenvalue weighted by Crippen LogP contribution is 2.33. The Morgan fingerprint density at radius 3 is 1.69 bits per heavy atom. The van der Waals surface area contributed by atoms with Crippen molar-refractivity contribution in [1.29, 1.82) is 0 Å². The van der Waals surface area contributed by atoms with Crippen LogP contribution in [0.2, 0.25) is 5.02 Å². The Hall–Kier alpha value is -3.68. The molecular formula is C21H11ClF9N5. The predicted octanol–water partition coefficient (Wildman–Crippen LogP) is 8.35. The molecule has 0 unspecified atom stereocenters. The van der Waals surface area contributed by atoms with Crippen molar-refractivity contribution in [2.75, 3.05) is 5.43 Å². The summed E-state index contributed by atoms with van der Waals surface area (Å²) in [5, 5.41) is 10.7. The number of hydrazone groups is 1. The molecule has 0 atom stereocenters. The largest absolute Gasteiger partial charge is 0.417 e. The van der Waals surface area contributed by atoms with Crippen LogP contribution in [-0.2, 0) is 18.5 Å². The normalized spacial score (nSPS) is 13.3. The Bertz CT molecular complexity index is 1260. The summed E-state index contributed by atoms with van der Waals surface area (Å²) in [7, 11) is 0. The number of nitrogens with one attached hydrogen (secondary N) is 1. The summed E-state index contributed by atoms with van der Waals surface area (Å²) in [6.45, 7) is 0. The van der Waals surface area contributed by atoms with E-state index in [1.807, 2.05) is 0 Å². The Labute approximate surface area is 201 Å². The van der Waals surface area contributed by atoms with E-state index in [0.717, 1.165) is 48.5 Å². The first-order valence-corrected chi connectivity index (χ1v) is 9.85. The fourth-order valence-corrected chi connectivity index (χ4v) is 2.80. The molecule has 1 N–H and O–H groups in total. The van der Waals surface area contributed by atoms with E-state index in [4.69, 9.17) is 11.6 Å². The minimum absolute atomic E-state index is 0.0354. The Balaban J connectivity index is 1.95. The molecule has 0 saturated heterocycles. The molecule has 15 heteroatoms. The van der Waals surface area contributed by atoms with Crippen molar-refractivity contribution in [3.05, 3.63) is 88.2 Å². The molecule has 0 fully saturated rings. The van der Waals surface area contributed by atoms with Crippen molar-refractivity contribution in [2.45, 2.75) is 18.5 Å². The maximum absolute atomic E-state index is 12.9. The molecule has 3 aromatic rings. The minimum atomic E-state index is -4.76. The number of amidine groups is 1. The smallest absolute Gasteiger partial charge is 0.276 e. The van der Waals surface area contributed by atoms with Gasteiger partial charge in [0.25, 0.3) is 0 Å². The highest BCUT2D eigenvalue weighted by molar-refractivity contribution is 6.33. The van der Waals surface area contributed by atoms with Gasteiger partial charge in [0.05, 0.1) is 33.1 Å². The predicted molar refractivity (Wildman–Crippen MR) is 112 cm³/mol. The second kappa shape index (κ2) is 10.1. The maximum Gasteiger partial charge on any atom is 0.417 e. The zero-order valence-corrected chi connectivity index (χ0v) is 18.1. The number of aromatic nitrogens is 1. The van der Waals surface area contributed by atoms with Crippen LogP contribution in [0.3, 0.4) is 0 Å². The topological polar surface area (TPSA) is 62.0 Å². The lowest BCUT2D eigenvalue weighted by atomic mass is 10.2. The van der Waals surface area contributed by atoms with E-state index in [1.165, 1.54) is 0 Å². The molecule has 0 aliphatic rings. The van der Waals surface area contributed by atoms with Crippen LogP contribution in [0.25, 0.3) is 0 Å². The fourth-order valence-electron chi connectivity index (χ4n) is 2.55. The lowest BCUT2D eigenvalue weighted by Gasteiger charge is -2.10. The molecule has 0 aliphatic carbocycles. The summed E-state index contributed by atoms with van der Waals surface area (Å²) in [6.07, 6.45) is -13.5.